The van der Waals surface area contributed by atoms with E-state index in [9.17, 15) is 9.59 Å². The lowest BCUT2D eigenvalue weighted by molar-refractivity contribution is 0.0147. The van der Waals surface area contributed by atoms with Crippen molar-refractivity contribution in [2.75, 3.05) is 39.3 Å². The zero-order valence-corrected chi connectivity index (χ0v) is 20.6. The van der Waals surface area contributed by atoms with Crippen LogP contribution >= 0.6 is 0 Å². The Morgan fingerprint density at radius 3 is 2.60 bits per heavy atom. The van der Waals surface area contributed by atoms with Gasteiger partial charge in [0.25, 0.3) is 5.91 Å². The van der Waals surface area contributed by atoms with Gasteiger partial charge >= 0.3 is 6.09 Å². The van der Waals surface area contributed by atoms with Gasteiger partial charge in [-0.1, -0.05) is 12.1 Å². The molecule has 1 fully saturated rings. The van der Waals surface area contributed by atoms with Crippen LogP contribution in [0.5, 0.6) is 5.75 Å². The number of nitrogens with one attached hydrogen (secondary N) is 1. The van der Waals surface area contributed by atoms with Gasteiger partial charge in [-0.05, 0) is 51.1 Å². The molecule has 1 N–H and O–H groups in total. The zero-order valence-electron chi connectivity index (χ0n) is 20.6. The fourth-order valence-electron chi connectivity index (χ4n) is 3.85. The van der Waals surface area contributed by atoms with Gasteiger partial charge in [0.05, 0.1) is 5.69 Å². The second-order valence-electron chi connectivity index (χ2n) is 9.58. The molecule has 0 bridgehead atoms. The van der Waals surface area contributed by atoms with E-state index in [1.165, 1.54) is 0 Å². The SMILES string of the molecule is CC(C)(C)OC(=O)N1CCN(CCNC(=O)c2cccc(OCc3cn4ccccc4n3)c2)CC1. The van der Waals surface area contributed by atoms with E-state index in [0.717, 1.165) is 31.0 Å². The minimum Gasteiger partial charge on any atom is -0.487 e. The highest BCUT2D eigenvalue weighted by molar-refractivity contribution is 5.94. The maximum absolute atomic E-state index is 12.6. The van der Waals surface area contributed by atoms with Crippen LogP contribution in [-0.4, -0.2) is 76.1 Å². The summed E-state index contributed by atoms with van der Waals surface area (Å²) in [6, 6.07) is 13.0. The number of ether oxygens (including phenoxy) is 2. The molecule has 9 nitrogen and oxygen atoms in total. The Labute approximate surface area is 205 Å². The maximum Gasteiger partial charge on any atom is 0.410 e. The molecule has 0 unspecified atom stereocenters. The highest BCUT2D eigenvalue weighted by Crippen LogP contribution is 2.16. The molecular formula is C26H33N5O4. The highest BCUT2D eigenvalue weighted by Gasteiger charge is 2.25. The van der Waals surface area contributed by atoms with Gasteiger partial charge in [0.2, 0.25) is 0 Å². The van der Waals surface area contributed by atoms with Gasteiger partial charge < -0.3 is 24.1 Å². The zero-order chi connectivity index (χ0) is 24.8. The predicted molar refractivity (Wildman–Crippen MR) is 133 cm³/mol. The van der Waals surface area contributed by atoms with E-state index in [1.54, 1.807) is 17.0 Å². The van der Waals surface area contributed by atoms with E-state index in [1.807, 2.05) is 67.9 Å². The van der Waals surface area contributed by atoms with Crippen LogP contribution in [0.2, 0.25) is 0 Å². The molecule has 1 aliphatic heterocycles. The van der Waals surface area contributed by atoms with Crippen LogP contribution in [0.3, 0.4) is 0 Å². The van der Waals surface area contributed by atoms with Crippen molar-refractivity contribution in [1.82, 2.24) is 24.5 Å². The molecule has 2 aromatic heterocycles. The Bertz CT molecular complexity index is 1130. The van der Waals surface area contributed by atoms with Crippen LogP contribution in [0.25, 0.3) is 5.65 Å². The molecule has 0 spiro atoms. The number of rotatable bonds is 7. The van der Waals surface area contributed by atoms with Gasteiger partial charge in [0.15, 0.2) is 0 Å². The topological polar surface area (TPSA) is 88.4 Å². The molecule has 0 aliphatic carbocycles. The van der Waals surface area contributed by atoms with Crippen molar-refractivity contribution in [2.45, 2.75) is 33.0 Å². The van der Waals surface area contributed by atoms with E-state index < -0.39 is 5.60 Å². The van der Waals surface area contributed by atoms with Crippen LogP contribution in [0.1, 0.15) is 36.8 Å². The predicted octanol–water partition coefficient (Wildman–Crippen LogP) is 3.20. The lowest BCUT2D eigenvalue weighted by Gasteiger charge is -2.35. The van der Waals surface area contributed by atoms with E-state index in [4.69, 9.17) is 9.47 Å². The summed E-state index contributed by atoms with van der Waals surface area (Å²) in [5, 5.41) is 2.97. The fourth-order valence-corrected chi connectivity index (χ4v) is 3.85. The number of benzene rings is 1. The van der Waals surface area contributed by atoms with Crippen LogP contribution in [0, 0.1) is 0 Å². The second-order valence-corrected chi connectivity index (χ2v) is 9.58. The summed E-state index contributed by atoms with van der Waals surface area (Å²) in [6.07, 6.45) is 3.60. The van der Waals surface area contributed by atoms with Gasteiger partial charge in [-0.15, -0.1) is 0 Å². The van der Waals surface area contributed by atoms with E-state index in [-0.39, 0.29) is 12.0 Å². The highest BCUT2D eigenvalue weighted by atomic mass is 16.6. The Morgan fingerprint density at radius 1 is 1.06 bits per heavy atom. The number of amides is 2. The average Bonchev–Trinajstić information content (AvgIpc) is 3.25. The summed E-state index contributed by atoms with van der Waals surface area (Å²) in [5.41, 5.74) is 1.74. The fraction of sp³-hybridized carbons (Fsp3) is 0.423. The number of fused-ring (bicyclic) bond motifs is 1. The molecule has 9 heteroatoms. The first-order chi connectivity index (χ1) is 16.8. The number of nitrogens with zero attached hydrogens (tertiary/aromatic N) is 4. The Kier molecular flexibility index (Phi) is 7.55. The average molecular weight is 480 g/mol. The molecule has 4 rings (SSSR count). The summed E-state index contributed by atoms with van der Waals surface area (Å²) in [4.78, 5) is 33.3. The molecule has 186 valence electrons. The van der Waals surface area contributed by atoms with Gasteiger partial charge in [-0.25, -0.2) is 9.78 Å². The van der Waals surface area contributed by atoms with Gasteiger partial charge in [0.1, 0.15) is 23.6 Å². The van der Waals surface area contributed by atoms with E-state index in [2.05, 4.69) is 15.2 Å². The smallest absolute Gasteiger partial charge is 0.410 e. The largest absolute Gasteiger partial charge is 0.487 e. The van der Waals surface area contributed by atoms with Gasteiger partial charge in [-0.2, -0.15) is 0 Å². The Hall–Kier alpha value is -3.59. The molecular weight excluding hydrogens is 446 g/mol. The first kappa shape index (κ1) is 24.5. The minimum absolute atomic E-state index is 0.143. The van der Waals surface area contributed by atoms with Crippen LogP contribution in [-0.2, 0) is 11.3 Å². The van der Waals surface area contributed by atoms with Crippen LogP contribution < -0.4 is 10.1 Å². The third-order valence-corrected chi connectivity index (χ3v) is 5.63. The van der Waals surface area contributed by atoms with Crippen molar-refractivity contribution in [2.24, 2.45) is 0 Å². The molecule has 1 aromatic carbocycles. The van der Waals surface area contributed by atoms with Crippen molar-refractivity contribution >= 4 is 17.6 Å². The number of carbonyl (C=O) groups excluding carboxylic acids is 2. The third kappa shape index (κ3) is 6.95. The first-order valence-electron chi connectivity index (χ1n) is 11.9. The molecule has 35 heavy (non-hydrogen) atoms. The van der Waals surface area contributed by atoms with E-state index >= 15 is 0 Å². The molecule has 2 amide bonds. The molecule has 0 saturated carbocycles. The summed E-state index contributed by atoms with van der Waals surface area (Å²) in [5.74, 6) is 0.476. The molecule has 0 radical (unpaired) electrons. The number of piperazine rings is 1. The monoisotopic (exact) mass is 479 g/mol. The van der Waals surface area contributed by atoms with Crippen LogP contribution in [0.4, 0.5) is 4.79 Å². The maximum atomic E-state index is 12.6. The van der Waals surface area contributed by atoms with Crippen molar-refractivity contribution in [3.8, 4) is 5.75 Å². The van der Waals surface area contributed by atoms with Gasteiger partial charge in [0, 0.05) is 57.2 Å². The molecule has 0 atom stereocenters. The van der Waals surface area contributed by atoms with Crippen molar-refractivity contribution < 1.29 is 19.1 Å². The Morgan fingerprint density at radius 2 is 1.86 bits per heavy atom. The lowest BCUT2D eigenvalue weighted by Crippen LogP contribution is -2.51. The van der Waals surface area contributed by atoms with E-state index in [0.29, 0.717) is 37.6 Å². The van der Waals surface area contributed by atoms with Crippen molar-refractivity contribution in [1.29, 1.82) is 0 Å². The number of imidazole rings is 1. The summed E-state index contributed by atoms with van der Waals surface area (Å²) < 4.78 is 13.2. The second kappa shape index (κ2) is 10.8. The number of hydrogen-bond acceptors (Lipinski definition) is 6. The number of pyridine rings is 1. The quantitative estimate of drug-likeness (QED) is 0.560. The van der Waals surface area contributed by atoms with Crippen molar-refractivity contribution in [3.05, 3.63) is 66.1 Å². The third-order valence-electron chi connectivity index (χ3n) is 5.63. The van der Waals surface area contributed by atoms with Gasteiger partial charge in [-0.3, -0.25) is 9.69 Å². The van der Waals surface area contributed by atoms with Crippen LogP contribution in [0.15, 0.2) is 54.9 Å². The minimum atomic E-state index is -0.491. The summed E-state index contributed by atoms with van der Waals surface area (Å²) >= 11 is 0. The Balaban J connectivity index is 1.20. The standard InChI is InChI=1S/C26H33N5O4/c1-26(2,3)35-25(33)30-15-13-29(14-16-30)12-10-27-24(32)20-7-6-8-22(17-20)34-19-21-18-31-11-5-4-9-23(31)28-21/h4-9,11,17-18H,10,12-16,19H2,1-3H3,(H,27,32). The summed E-state index contributed by atoms with van der Waals surface area (Å²) in [6.45, 7) is 9.91. The molecule has 3 aromatic rings. The molecule has 1 saturated heterocycles. The lowest BCUT2D eigenvalue weighted by atomic mass is 10.2. The first-order valence-corrected chi connectivity index (χ1v) is 11.9. The van der Waals surface area contributed by atoms with Crippen molar-refractivity contribution in [3.63, 3.8) is 0 Å². The number of hydrogen-bond donors (Lipinski definition) is 1. The number of aromatic nitrogens is 2. The summed E-state index contributed by atoms with van der Waals surface area (Å²) in [7, 11) is 0. The normalized spacial score (nSPS) is 14.7. The number of carbonyl (C=O) groups is 2. The molecule has 3 heterocycles. The molecule has 1 aliphatic rings.